The standard InChI is InChI=1S/C40H54ClN3O6S/c1-27(2)43-18-14-28(15-19-43)23-40(46)17-6-20-50-38(3,4)37(45)42-51(47,48)32-10-13-36-35(22-32)44(24-30-8-11-34(30)40)25-39(26-49-36)16-5-7-29-21-31(41)9-12-33(29)39/h6,9-10,12-13,17,21-22,27-28,30,34,46H,5,7-8,11,14-16,18-20,23-26H2,1-4H3,(H,42,45)/b17-6+/t30-,34+,39-,40?/m0/s1. The largest absolute Gasteiger partial charge is 0.490 e. The number of hydrogen-bond acceptors (Lipinski definition) is 8. The topological polar surface area (TPSA) is 108 Å². The summed E-state index contributed by atoms with van der Waals surface area (Å²) in [6.07, 6.45) is 11.3. The molecule has 2 aromatic carbocycles. The third-order valence-electron chi connectivity index (χ3n) is 12.5. The van der Waals surface area contributed by atoms with Crippen LogP contribution in [-0.4, -0.2) is 81.0 Å². The van der Waals surface area contributed by atoms with Crippen molar-refractivity contribution in [2.75, 3.05) is 44.3 Å². The minimum Gasteiger partial charge on any atom is -0.490 e. The number of amides is 1. The highest BCUT2D eigenvalue weighted by molar-refractivity contribution is 7.90. The van der Waals surface area contributed by atoms with E-state index >= 15 is 0 Å². The molecule has 1 saturated heterocycles. The first-order valence-corrected chi connectivity index (χ1v) is 20.7. The van der Waals surface area contributed by atoms with Crippen LogP contribution in [-0.2, 0) is 31.4 Å². The average molecular weight is 740 g/mol. The summed E-state index contributed by atoms with van der Waals surface area (Å²) in [6, 6.07) is 11.6. The van der Waals surface area contributed by atoms with Crippen molar-refractivity contribution in [2.45, 2.75) is 107 Å². The summed E-state index contributed by atoms with van der Waals surface area (Å²) in [5.74, 6) is 0.462. The molecule has 2 bridgehead atoms. The molecular weight excluding hydrogens is 686 g/mol. The number of anilines is 1. The maximum absolute atomic E-state index is 13.7. The first-order valence-electron chi connectivity index (χ1n) is 18.8. The Morgan fingerprint density at radius 2 is 1.86 bits per heavy atom. The molecule has 7 rings (SSSR count). The number of likely N-dealkylation sites (tertiary alicyclic amines) is 1. The molecule has 3 heterocycles. The van der Waals surface area contributed by atoms with Gasteiger partial charge in [0.2, 0.25) is 0 Å². The third kappa shape index (κ3) is 7.33. The molecule has 2 N–H and O–H groups in total. The SMILES string of the molecule is CC(C)N1CCC(CC2(O)/C=C/COC(C)(C)C(=O)NS(=O)(=O)c3ccc4c(c3)N(C[C@@H]3CC[C@H]32)C[C@@]2(CCCc3cc(Cl)ccc32)CO4)CC1. The second kappa shape index (κ2) is 14.0. The lowest BCUT2D eigenvalue weighted by Gasteiger charge is -2.50. The van der Waals surface area contributed by atoms with Crippen molar-refractivity contribution in [3.05, 3.63) is 64.7 Å². The number of nitrogens with zero attached hydrogens (tertiary/aromatic N) is 2. The minimum atomic E-state index is -4.22. The second-order valence-electron chi connectivity index (χ2n) is 16.6. The Labute approximate surface area is 308 Å². The average Bonchev–Trinajstić information content (AvgIpc) is 3.21. The third-order valence-corrected chi connectivity index (χ3v) is 14.1. The number of rotatable bonds is 3. The molecule has 11 heteroatoms. The maximum atomic E-state index is 13.7. The number of benzene rings is 2. The minimum absolute atomic E-state index is 0.00725. The van der Waals surface area contributed by atoms with Crippen LogP contribution in [0, 0.1) is 17.8 Å². The zero-order valence-corrected chi connectivity index (χ0v) is 32.1. The van der Waals surface area contributed by atoms with Crippen molar-refractivity contribution in [1.82, 2.24) is 9.62 Å². The number of carbonyl (C=O) groups excluding carboxylic acids is 1. The van der Waals surface area contributed by atoms with E-state index in [0.29, 0.717) is 49.5 Å². The van der Waals surface area contributed by atoms with Gasteiger partial charge in [0.15, 0.2) is 0 Å². The van der Waals surface area contributed by atoms with E-state index in [0.717, 1.165) is 63.1 Å². The van der Waals surface area contributed by atoms with E-state index in [1.165, 1.54) is 17.2 Å². The van der Waals surface area contributed by atoms with Crippen molar-refractivity contribution in [1.29, 1.82) is 0 Å². The van der Waals surface area contributed by atoms with Gasteiger partial charge in [0.25, 0.3) is 15.9 Å². The molecule has 3 aliphatic heterocycles. The molecule has 1 unspecified atom stereocenters. The highest BCUT2D eigenvalue weighted by Crippen LogP contribution is 2.50. The molecule has 1 spiro atoms. The molecule has 5 aliphatic rings. The van der Waals surface area contributed by atoms with E-state index < -0.39 is 27.1 Å². The highest BCUT2D eigenvalue weighted by atomic mass is 35.5. The Balaban J connectivity index is 1.28. The van der Waals surface area contributed by atoms with Gasteiger partial charge in [0.1, 0.15) is 11.4 Å². The van der Waals surface area contributed by atoms with Crippen LogP contribution in [0.25, 0.3) is 0 Å². The Morgan fingerprint density at radius 3 is 2.59 bits per heavy atom. The Hall–Kier alpha value is -2.63. The van der Waals surface area contributed by atoms with Crippen LogP contribution in [0.5, 0.6) is 5.75 Å². The fourth-order valence-corrected chi connectivity index (χ4v) is 10.7. The number of piperidine rings is 1. The van der Waals surface area contributed by atoms with Crippen LogP contribution in [0.4, 0.5) is 5.69 Å². The zero-order chi connectivity index (χ0) is 36.2. The number of aryl methyl sites for hydroxylation is 1. The number of halogens is 1. The Morgan fingerprint density at radius 1 is 1.08 bits per heavy atom. The first-order chi connectivity index (χ1) is 24.2. The van der Waals surface area contributed by atoms with E-state index in [4.69, 9.17) is 21.1 Å². The quantitative estimate of drug-likeness (QED) is 0.356. The molecule has 0 radical (unpaired) electrons. The maximum Gasteiger partial charge on any atom is 0.265 e. The van der Waals surface area contributed by atoms with E-state index in [1.807, 2.05) is 18.2 Å². The van der Waals surface area contributed by atoms with Gasteiger partial charge in [-0.1, -0.05) is 29.8 Å². The van der Waals surface area contributed by atoms with Gasteiger partial charge in [-0.2, -0.15) is 0 Å². The van der Waals surface area contributed by atoms with Gasteiger partial charge in [-0.15, -0.1) is 0 Å². The molecule has 1 saturated carbocycles. The molecule has 2 aromatic rings. The predicted molar refractivity (Wildman–Crippen MR) is 200 cm³/mol. The molecule has 2 fully saturated rings. The van der Waals surface area contributed by atoms with Crippen LogP contribution in [0.15, 0.2) is 53.4 Å². The van der Waals surface area contributed by atoms with Crippen LogP contribution in [0.3, 0.4) is 0 Å². The number of aliphatic hydroxyl groups is 1. The summed E-state index contributed by atoms with van der Waals surface area (Å²) in [6.45, 7) is 11.5. The van der Waals surface area contributed by atoms with Gasteiger partial charge < -0.3 is 24.4 Å². The van der Waals surface area contributed by atoms with Crippen molar-refractivity contribution in [3.63, 3.8) is 0 Å². The summed E-state index contributed by atoms with van der Waals surface area (Å²) in [4.78, 5) is 18.2. The monoisotopic (exact) mass is 739 g/mol. The van der Waals surface area contributed by atoms with Crippen LogP contribution >= 0.6 is 11.6 Å². The fraction of sp³-hybridized carbons (Fsp3) is 0.625. The van der Waals surface area contributed by atoms with Crippen LogP contribution < -0.4 is 14.4 Å². The summed E-state index contributed by atoms with van der Waals surface area (Å²) in [5, 5.41) is 13.4. The Bertz CT molecular complexity index is 1770. The van der Waals surface area contributed by atoms with Gasteiger partial charge in [-0.05, 0) is 151 Å². The van der Waals surface area contributed by atoms with Crippen molar-refractivity contribution >= 4 is 33.2 Å². The van der Waals surface area contributed by atoms with Crippen LogP contribution in [0.1, 0.15) is 83.8 Å². The zero-order valence-electron chi connectivity index (χ0n) is 30.5. The van der Waals surface area contributed by atoms with Crippen LogP contribution in [0.2, 0.25) is 5.02 Å². The number of sulfonamides is 1. The molecule has 0 aromatic heterocycles. The lowest BCUT2D eigenvalue weighted by molar-refractivity contribution is -0.139. The molecule has 278 valence electrons. The molecule has 51 heavy (non-hydrogen) atoms. The number of carbonyl (C=O) groups is 1. The van der Waals surface area contributed by atoms with E-state index in [2.05, 4.69) is 40.5 Å². The van der Waals surface area contributed by atoms with Gasteiger partial charge in [0.05, 0.1) is 29.4 Å². The van der Waals surface area contributed by atoms with E-state index in [1.54, 1.807) is 26.0 Å². The smallest absolute Gasteiger partial charge is 0.265 e. The number of fused-ring (bicyclic) bond motifs is 4. The first kappa shape index (κ1) is 36.7. The van der Waals surface area contributed by atoms with Crippen molar-refractivity contribution < 1.29 is 27.8 Å². The normalized spacial score (nSPS) is 31.8. The van der Waals surface area contributed by atoms with Gasteiger partial charge in [0, 0.05) is 29.6 Å². The predicted octanol–water partition coefficient (Wildman–Crippen LogP) is 6.25. The van der Waals surface area contributed by atoms with Gasteiger partial charge in [-0.3, -0.25) is 4.79 Å². The van der Waals surface area contributed by atoms with Crippen molar-refractivity contribution in [2.24, 2.45) is 17.8 Å². The van der Waals surface area contributed by atoms with E-state index in [9.17, 15) is 18.3 Å². The summed E-state index contributed by atoms with van der Waals surface area (Å²) in [7, 11) is -4.22. The van der Waals surface area contributed by atoms with Gasteiger partial charge in [-0.25, -0.2) is 13.1 Å². The highest BCUT2D eigenvalue weighted by Gasteiger charge is 2.49. The lowest BCUT2D eigenvalue weighted by Crippen LogP contribution is -2.53. The fourth-order valence-electron chi connectivity index (χ4n) is 9.35. The van der Waals surface area contributed by atoms with Crippen molar-refractivity contribution in [3.8, 4) is 5.75 Å². The molecule has 9 nitrogen and oxygen atoms in total. The van der Waals surface area contributed by atoms with Gasteiger partial charge >= 0.3 is 0 Å². The van der Waals surface area contributed by atoms with E-state index in [-0.39, 0.29) is 28.8 Å². The Kier molecular flexibility index (Phi) is 10.1. The lowest BCUT2D eigenvalue weighted by atomic mass is 9.61. The summed E-state index contributed by atoms with van der Waals surface area (Å²) < 4.78 is 42.3. The number of nitrogens with one attached hydrogen (secondary N) is 1. The molecular formula is C40H54ClN3O6S. The second-order valence-corrected chi connectivity index (χ2v) is 18.7. The number of ether oxygens (including phenoxy) is 2. The number of hydrogen-bond donors (Lipinski definition) is 2. The summed E-state index contributed by atoms with van der Waals surface area (Å²) in [5.41, 5.74) is 0.363. The molecule has 4 atom stereocenters. The summed E-state index contributed by atoms with van der Waals surface area (Å²) >= 11 is 6.47. The molecule has 1 amide bonds. The molecule has 2 aliphatic carbocycles.